The summed E-state index contributed by atoms with van der Waals surface area (Å²) >= 11 is 0. The molecular formula is C18H21IN6O. The van der Waals surface area contributed by atoms with E-state index in [4.69, 9.17) is 10.5 Å². The third-order valence-corrected chi connectivity index (χ3v) is 3.59. The van der Waals surface area contributed by atoms with Crippen LogP contribution < -0.4 is 11.1 Å². The van der Waals surface area contributed by atoms with Crippen molar-refractivity contribution in [3.05, 3.63) is 72.4 Å². The molecule has 0 saturated heterocycles. The molecule has 3 rings (SSSR count). The molecule has 0 aliphatic carbocycles. The lowest BCUT2D eigenvalue weighted by Gasteiger charge is -2.11. The van der Waals surface area contributed by atoms with E-state index in [1.807, 2.05) is 47.2 Å². The van der Waals surface area contributed by atoms with Crippen LogP contribution in [0, 0.1) is 0 Å². The minimum atomic E-state index is 0. The molecule has 8 heteroatoms. The Bertz CT molecular complexity index is 850. The fourth-order valence-electron chi connectivity index (χ4n) is 2.37. The van der Waals surface area contributed by atoms with E-state index < -0.39 is 0 Å². The molecule has 3 aromatic rings. The van der Waals surface area contributed by atoms with Crippen LogP contribution in [0.3, 0.4) is 0 Å². The molecule has 3 N–H and O–H groups in total. The largest absolute Gasteiger partial charge is 0.380 e. The Morgan fingerprint density at radius 3 is 2.88 bits per heavy atom. The van der Waals surface area contributed by atoms with Gasteiger partial charge in [-0.05, 0) is 23.8 Å². The van der Waals surface area contributed by atoms with E-state index in [-0.39, 0.29) is 24.0 Å². The zero-order valence-electron chi connectivity index (χ0n) is 14.4. The maximum absolute atomic E-state index is 6.02. The van der Waals surface area contributed by atoms with E-state index in [0.717, 1.165) is 22.6 Å². The first-order chi connectivity index (χ1) is 12.3. The van der Waals surface area contributed by atoms with Crippen LogP contribution in [0.5, 0.6) is 0 Å². The summed E-state index contributed by atoms with van der Waals surface area (Å²) in [5.74, 6) is 1.15. The van der Waals surface area contributed by atoms with Gasteiger partial charge in [-0.2, -0.15) is 0 Å². The Balaban J connectivity index is 0.00000243. The Labute approximate surface area is 169 Å². The van der Waals surface area contributed by atoms with Crippen LogP contribution in [-0.2, 0) is 17.9 Å². The van der Waals surface area contributed by atoms with Gasteiger partial charge in [0.1, 0.15) is 12.1 Å². The first kappa shape index (κ1) is 19.9. The van der Waals surface area contributed by atoms with Crippen LogP contribution >= 0.6 is 24.0 Å². The third kappa shape index (κ3) is 5.27. The Kier molecular flexibility index (Phi) is 7.54. The van der Waals surface area contributed by atoms with E-state index in [9.17, 15) is 0 Å². The number of nitrogens with two attached hydrogens (primary N) is 1. The number of ether oxygens (including phenoxy) is 1. The van der Waals surface area contributed by atoms with E-state index in [2.05, 4.69) is 20.3 Å². The number of hydrogen-bond acceptors (Lipinski definition) is 4. The molecule has 26 heavy (non-hydrogen) atoms. The normalized spacial score (nSPS) is 11.0. The van der Waals surface area contributed by atoms with Crippen molar-refractivity contribution in [2.24, 2.45) is 10.7 Å². The summed E-state index contributed by atoms with van der Waals surface area (Å²) in [5, 5.41) is 3.12. The molecule has 0 saturated carbocycles. The highest BCUT2D eigenvalue weighted by molar-refractivity contribution is 14.0. The Morgan fingerprint density at radius 1 is 1.27 bits per heavy atom. The zero-order chi connectivity index (χ0) is 17.5. The number of halogens is 1. The van der Waals surface area contributed by atoms with Crippen molar-refractivity contribution in [3.8, 4) is 5.82 Å². The number of anilines is 1. The summed E-state index contributed by atoms with van der Waals surface area (Å²) < 4.78 is 7.04. The van der Waals surface area contributed by atoms with Gasteiger partial charge in [0.15, 0.2) is 5.96 Å². The molecule has 2 heterocycles. The van der Waals surface area contributed by atoms with Gasteiger partial charge in [0, 0.05) is 37.0 Å². The van der Waals surface area contributed by atoms with Gasteiger partial charge in [-0.25, -0.2) is 15.0 Å². The number of benzene rings is 1. The third-order valence-electron chi connectivity index (χ3n) is 3.59. The molecule has 1 aromatic carbocycles. The summed E-state index contributed by atoms with van der Waals surface area (Å²) in [5.41, 5.74) is 8.94. The fraction of sp³-hybridized carbons (Fsp3) is 0.167. The number of aromatic nitrogens is 3. The molecule has 0 atom stereocenters. The number of nitrogens with one attached hydrogen (secondary N) is 1. The van der Waals surface area contributed by atoms with Gasteiger partial charge in [-0.1, -0.05) is 18.2 Å². The van der Waals surface area contributed by atoms with E-state index in [0.29, 0.717) is 19.1 Å². The lowest BCUT2D eigenvalue weighted by atomic mass is 10.2. The fourth-order valence-corrected chi connectivity index (χ4v) is 2.37. The molecule has 7 nitrogen and oxygen atoms in total. The predicted octanol–water partition coefficient (Wildman–Crippen LogP) is 2.96. The summed E-state index contributed by atoms with van der Waals surface area (Å²) in [6.45, 7) is 0.963. The first-order valence-corrected chi connectivity index (χ1v) is 7.83. The molecule has 0 aliphatic rings. The number of aliphatic imine (C=N–C) groups is 1. The number of rotatable bonds is 6. The monoisotopic (exact) mass is 464 g/mol. The molecule has 0 bridgehead atoms. The average Bonchev–Trinajstić information content (AvgIpc) is 3.17. The van der Waals surface area contributed by atoms with E-state index >= 15 is 0 Å². The number of hydrogen-bond donors (Lipinski definition) is 2. The highest BCUT2D eigenvalue weighted by atomic mass is 127. The minimum Gasteiger partial charge on any atom is -0.380 e. The molecular weight excluding hydrogens is 443 g/mol. The Hall–Kier alpha value is -2.46. The van der Waals surface area contributed by atoms with Crippen molar-refractivity contribution in [2.45, 2.75) is 13.2 Å². The quantitative estimate of drug-likeness (QED) is 0.333. The molecule has 0 fully saturated rings. The van der Waals surface area contributed by atoms with E-state index in [1.54, 1.807) is 25.8 Å². The number of imidazole rings is 1. The van der Waals surface area contributed by atoms with E-state index in [1.165, 1.54) is 0 Å². The summed E-state index contributed by atoms with van der Waals surface area (Å²) in [7, 11) is 1.66. The van der Waals surface area contributed by atoms with Crippen molar-refractivity contribution >= 4 is 35.6 Å². The van der Waals surface area contributed by atoms with Crippen molar-refractivity contribution in [1.29, 1.82) is 0 Å². The number of guanidine groups is 1. The van der Waals surface area contributed by atoms with Gasteiger partial charge >= 0.3 is 0 Å². The number of nitrogens with zero attached hydrogens (tertiary/aromatic N) is 4. The lowest BCUT2D eigenvalue weighted by molar-refractivity contribution is 0.185. The number of pyridine rings is 1. The molecule has 0 aliphatic heterocycles. The van der Waals surface area contributed by atoms with Gasteiger partial charge in [-0.15, -0.1) is 24.0 Å². The highest BCUT2D eigenvalue weighted by Crippen LogP contribution is 2.15. The molecule has 0 unspecified atom stereocenters. The number of para-hydroxylation sites is 1. The standard InChI is InChI=1S/C18H20N6O.HI/c1-25-12-15-4-2-3-5-16(15)23-18(19)22-11-14-6-7-21-17(10-14)24-9-8-20-13-24;/h2-10,13H,11-12H2,1H3,(H3,19,22,23);1H. The van der Waals surface area contributed by atoms with Crippen LogP contribution in [0.25, 0.3) is 5.82 Å². The molecule has 0 radical (unpaired) electrons. The average molecular weight is 464 g/mol. The topological polar surface area (TPSA) is 90.4 Å². The second-order valence-corrected chi connectivity index (χ2v) is 5.41. The van der Waals surface area contributed by atoms with Crippen molar-refractivity contribution in [2.75, 3.05) is 12.4 Å². The van der Waals surface area contributed by atoms with Gasteiger partial charge in [0.2, 0.25) is 0 Å². The maximum atomic E-state index is 6.02. The first-order valence-electron chi connectivity index (χ1n) is 7.83. The van der Waals surface area contributed by atoms with Crippen LogP contribution in [0.1, 0.15) is 11.1 Å². The number of methoxy groups -OCH3 is 1. The predicted molar refractivity (Wildman–Crippen MR) is 113 cm³/mol. The smallest absolute Gasteiger partial charge is 0.193 e. The maximum Gasteiger partial charge on any atom is 0.193 e. The molecule has 0 spiro atoms. The summed E-state index contributed by atoms with van der Waals surface area (Å²) in [4.78, 5) is 12.8. The van der Waals surface area contributed by atoms with Gasteiger partial charge < -0.3 is 15.8 Å². The second-order valence-electron chi connectivity index (χ2n) is 5.41. The summed E-state index contributed by atoms with van der Waals surface area (Å²) in [6, 6.07) is 11.7. The van der Waals surface area contributed by atoms with Gasteiger partial charge in [0.05, 0.1) is 13.2 Å². The second kappa shape index (κ2) is 9.88. The Morgan fingerprint density at radius 2 is 2.12 bits per heavy atom. The van der Waals surface area contributed by atoms with Crippen LogP contribution in [0.4, 0.5) is 5.69 Å². The zero-order valence-corrected chi connectivity index (χ0v) is 16.7. The summed E-state index contributed by atoms with van der Waals surface area (Å²) in [6.07, 6.45) is 7.01. The lowest BCUT2D eigenvalue weighted by Crippen LogP contribution is -2.23. The molecule has 136 valence electrons. The SMILES string of the molecule is COCc1ccccc1NC(N)=NCc1ccnc(-n2ccnc2)c1.I. The van der Waals surface area contributed by atoms with Crippen LogP contribution in [0.15, 0.2) is 66.3 Å². The molecule has 2 aromatic heterocycles. The van der Waals surface area contributed by atoms with Gasteiger partial charge in [-0.3, -0.25) is 4.57 Å². The van der Waals surface area contributed by atoms with Crippen molar-refractivity contribution in [3.63, 3.8) is 0 Å². The van der Waals surface area contributed by atoms with Crippen LogP contribution in [0.2, 0.25) is 0 Å². The highest BCUT2D eigenvalue weighted by Gasteiger charge is 2.03. The van der Waals surface area contributed by atoms with Crippen LogP contribution in [-0.4, -0.2) is 27.6 Å². The van der Waals surface area contributed by atoms with Gasteiger partial charge in [0.25, 0.3) is 0 Å². The van der Waals surface area contributed by atoms with Crippen molar-refractivity contribution in [1.82, 2.24) is 14.5 Å². The van der Waals surface area contributed by atoms with Crippen molar-refractivity contribution < 1.29 is 4.74 Å². The molecule has 0 amide bonds. The minimum absolute atomic E-state index is 0.